The van der Waals surface area contributed by atoms with Crippen molar-refractivity contribution in [2.75, 3.05) is 13.7 Å². The van der Waals surface area contributed by atoms with E-state index in [4.69, 9.17) is 0 Å². The third-order valence-electron chi connectivity index (χ3n) is 2.37. The minimum Gasteiger partial charge on any atom is -0.376 e. The Labute approximate surface area is 137 Å². The van der Waals surface area contributed by atoms with Crippen molar-refractivity contribution in [2.45, 2.75) is 42.5 Å². The molecule has 0 rings (SSSR count). The molecule has 0 radical (unpaired) electrons. The van der Waals surface area contributed by atoms with Crippen molar-refractivity contribution >= 4 is 0 Å². The van der Waals surface area contributed by atoms with Crippen molar-refractivity contribution in [3.05, 3.63) is 0 Å². The number of hydrogen-bond acceptors (Lipinski definition) is 3. The summed E-state index contributed by atoms with van der Waals surface area (Å²) in [6.07, 6.45) is -42.8. The summed E-state index contributed by atoms with van der Waals surface area (Å²) in [5.41, 5.74) is -7.92. The van der Waals surface area contributed by atoms with Crippen LogP contribution in [0, 0.1) is 0 Å². The molecule has 0 fully saturated rings. The lowest BCUT2D eigenvalue weighted by molar-refractivity contribution is -0.544. The van der Waals surface area contributed by atoms with Gasteiger partial charge in [-0.25, -0.2) is 13.9 Å². The van der Waals surface area contributed by atoms with E-state index in [1.165, 1.54) is 4.74 Å². The molecule has 164 valence electrons. The van der Waals surface area contributed by atoms with E-state index in [1.54, 1.807) is 0 Å². The van der Waals surface area contributed by atoms with Gasteiger partial charge in [0.05, 0.1) is 0 Å². The summed E-state index contributed by atoms with van der Waals surface area (Å²) >= 11 is 0. The Morgan fingerprint density at radius 2 is 0.852 bits per heavy atom. The van der Waals surface area contributed by atoms with Crippen LogP contribution in [0.25, 0.3) is 0 Å². The maximum atomic E-state index is 13.0. The van der Waals surface area contributed by atoms with E-state index in [-0.39, 0.29) is 0 Å². The van der Waals surface area contributed by atoms with E-state index in [2.05, 4.69) is 9.47 Å². The second-order valence-electron chi connectivity index (χ2n) is 4.48. The maximum Gasteiger partial charge on any atom is 0.453 e. The van der Waals surface area contributed by atoms with Crippen molar-refractivity contribution in [3.8, 4) is 0 Å². The van der Waals surface area contributed by atoms with Crippen molar-refractivity contribution in [2.24, 2.45) is 0 Å². The SMILES string of the molecule is COCC(F)(F)OC(F)(F)C(F)(F)OC(F)(F)C(F)(C(F)(F)F)C(F)(F)F. The minimum atomic E-state index is -7.92. The molecular weight excluding hydrogens is 441 g/mol. The Hall–Kier alpha value is -1.17. The zero-order valence-corrected chi connectivity index (χ0v) is 12.1. The fourth-order valence-electron chi connectivity index (χ4n) is 1.23. The number of rotatable bonds is 8. The highest BCUT2D eigenvalue weighted by molar-refractivity contribution is 5.02. The summed E-state index contributed by atoms with van der Waals surface area (Å²) in [5, 5.41) is 0. The van der Waals surface area contributed by atoms with E-state index in [1.807, 2.05) is 0 Å². The van der Waals surface area contributed by atoms with Crippen LogP contribution in [0.2, 0.25) is 0 Å². The Bertz CT molecular complexity index is 494. The molecular formula is C9H5F15O3. The lowest BCUT2D eigenvalue weighted by atomic mass is 10.0. The summed E-state index contributed by atoms with van der Waals surface area (Å²) in [6, 6.07) is 0. The highest BCUT2D eigenvalue weighted by Crippen LogP contribution is 2.57. The van der Waals surface area contributed by atoms with Crippen molar-refractivity contribution in [1.29, 1.82) is 0 Å². The average molecular weight is 446 g/mol. The van der Waals surface area contributed by atoms with Gasteiger partial charge in [0.25, 0.3) is 0 Å². The van der Waals surface area contributed by atoms with Crippen LogP contribution in [0.3, 0.4) is 0 Å². The van der Waals surface area contributed by atoms with Gasteiger partial charge >= 0.3 is 42.5 Å². The van der Waals surface area contributed by atoms with E-state index < -0.39 is 49.1 Å². The first kappa shape index (κ1) is 25.8. The first-order valence-electron chi connectivity index (χ1n) is 5.70. The van der Waals surface area contributed by atoms with Crippen LogP contribution < -0.4 is 0 Å². The third-order valence-corrected chi connectivity index (χ3v) is 2.37. The molecule has 0 aliphatic carbocycles. The van der Waals surface area contributed by atoms with Crippen LogP contribution in [-0.4, -0.2) is 56.2 Å². The van der Waals surface area contributed by atoms with Gasteiger partial charge in [0, 0.05) is 7.11 Å². The monoisotopic (exact) mass is 446 g/mol. The molecule has 0 atom stereocenters. The lowest BCUT2D eigenvalue weighted by Crippen LogP contribution is -2.68. The lowest BCUT2D eigenvalue weighted by Gasteiger charge is -2.38. The Kier molecular flexibility index (Phi) is 6.71. The predicted octanol–water partition coefficient (Wildman–Crippen LogP) is 4.87. The largest absolute Gasteiger partial charge is 0.453 e. The molecule has 0 saturated heterocycles. The predicted molar refractivity (Wildman–Crippen MR) is 49.8 cm³/mol. The molecule has 0 saturated carbocycles. The van der Waals surface area contributed by atoms with Crippen LogP contribution in [-0.2, 0) is 14.2 Å². The van der Waals surface area contributed by atoms with E-state index in [0.29, 0.717) is 7.11 Å². The standard InChI is InChI=1S/C9H5F15O3/c1-25-2-3(10,11)26-8(21,22)9(23,24)27-7(19,20)4(12,5(13,14)15)6(16,17)18/h2H2,1H3. The molecule has 0 aromatic heterocycles. The van der Waals surface area contributed by atoms with Gasteiger partial charge in [0.15, 0.2) is 0 Å². The molecule has 27 heavy (non-hydrogen) atoms. The topological polar surface area (TPSA) is 27.7 Å². The molecule has 0 N–H and O–H groups in total. The maximum absolute atomic E-state index is 13.0. The molecule has 18 heteroatoms. The number of hydrogen-bond donors (Lipinski definition) is 0. The first-order valence-corrected chi connectivity index (χ1v) is 5.70. The third kappa shape index (κ3) is 5.01. The molecule has 0 aliphatic heterocycles. The van der Waals surface area contributed by atoms with Crippen LogP contribution in [0.4, 0.5) is 65.9 Å². The highest BCUT2D eigenvalue weighted by Gasteiger charge is 2.88. The van der Waals surface area contributed by atoms with Gasteiger partial charge in [0.2, 0.25) is 0 Å². The van der Waals surface area contributed by atoms with Gasteiger partial charge in [0.1, 0.15) is 6.61 Å². The van der Waals surface area contributed by atoms with Crippen LogP contribution in [0.15, 0.2) is 0 Å². The summed E-state index contributed by atoms with van der Waals surface area (Å²) in [7, 11) is 0.377. The quantitative estimate of drug-likeness (QED) is 0.499. The second-order valence-corrected chi connectivity index (χ2v) is 4.48. The molecule has 0 spiro atoms. The number of halogens is 15. The van der Waals surface area contributed by atoms with E-state index in [9.17, 15) is 65.9 Å². The second kappa shape index (κ2) is 7.02. The Morgan fingerprint density at radius 3 is 1.15 bits per heavy atom. The molecule has 0 aromatic rings. The van der Waals surface area contributed by atoms with Crippen LogP contribution in [0.5, 0.6) is 0 Å². The highest BCUT2D eigenvalue weighted by atomic mass is 19.4. The molecule has 0 aromatic carbocycles. The smallest absolute Gasteiger partial charge is 0.376 e. The zero-order chi connectivity index (χ0) is 22.3. The Balaban J connectivity index is 6.00. The fourth-order valence-corrected chi connectivity index (χ4v) is 1.23. The van der Waals surface area contributed by atoms with Crippen molar-refractivity contribution in [3.63, 3.8) is 0 Å². The average Bonchev–Trinajstić information content (AvgIpc) is 2.31. The van der Waals surface area contributed by atoms with Crippen molar-refractivity contribution in [1.82, 2.24) is 0 Å². The van der Waals surface area contributed by atoms with Crippen molar-refractivity contribution < 1.29 is 80.1 Å². The van der Waals surface area contributed by atoms with Crippen LogP contribution >= 0.6 is 0 Å². The molecule has 0 bridgehead atoms. The molecule has 0 amide bonds. The van der Waals surface area contributed by atoms with E-state index in [0.717, 1.165) is 0 Å². The number of ether oxygens (including phenoxy) is 3. The van der Waals surface area contributed by atoms with Gasteiger partial charge < -0.3 is 4.74 Å². The minimum absolute atomic E-state index is 0.377. The molecule has 0 heterocycles. The molecule has 0 aliphatic rings. The van der Waals surface area contributed by atoms with Gasteiger partial charge in [-0.15, -0.1) is 0 Å². The van der Waals surface area contributed by atoms with E-state index >= 15 is 0 Å². The van der Waals surface area contributed by atoms with Gasteiger partial charge in [-0.2, -0.15) is 61.5 Å². The van der Waals surface area contributed by atoms with Gasteiger partial charge in [-0.05, 0) is 0 Å². The fraction of sp³-hybridized carbons (Fsp3) is 1.00. The normalized spacial score (nSPS) is 16.0. The van der Waals surface area contributed by atoms with Gasteiger partial charge in [-0.1, -0.05) is 0 Å². The molecule has 3 nitrogen and oxygen atoms in total. The first-order chi connectivity index (χ1) is 11.5. The van der Waals surface area contributed by atoms with Crippen LogP contribution in [0.1, 0.15) is 0 Å². The summed E-state index contributed by atoms with van der Waals surface area (Å²) < 4.78 is 195. The summed E-state index contributed by atoms with van der Waals surface area (Å²) in [4.78, 5) is 0. The number of alkyl halides is 15. The summed E-state index contributed by atoms with van der Waals surface area (Å²) in [6.45, 7) is -2.23. The molecule has 0 unspecified atom stereocenters. The Morgan fingerprint density at radius 1 is 0.519 bits per heavy atom. The summed E-state index contributed by atoms with van der Waals surface area (Å²) in [5.74, 6) is 0. The zero-order valence-electron chi connectivity index (χ0n) is 12.1. The number of methoxy groups -OCH3 is 1. The van der Waals surface area contributed by atoms with Gasteiger partial charge in [-0.3, -0.25) is 0 Å².